The van der Waals surface area contributed by atoms with Crippen LogP contribution < -0.4 is 0 Å². The van der Waals surface area contributed by atoms with Crippen molar-refractivity contribution in [2.45, 2.75) is 69.7 Å². The predicted octanol–water partition coefficient (Wildman–Crippen LogP) is 2.65. The van der Waals surface area contributed by atoms with Gasteiger partial charge in [0.1, 0.15) is 5.82 Å². The van der Waals surface area contributed by atoms with E-state index in [1.54, 1.807) is 11.8 Å². The predicted molar refractivity (Wildman–Crippen MR) is 73.8 cm³/mol. The first-order chi connectivity index (χ1) is 8.68. The van der Waals surface area contributed by atoms with Crippen molar-refractivity contribution in [2.24, 2.45) is 0 Å². The van der Waals surface area contributed by atoms with Gasteiger partial charge >= 0.3 is 0 Å². The second-order valence-electron chi connectivity index (χ2n) is 5.08. The summed E-state index contributed by atoms with van der Waals surface area (Å²) in [6.45, 7) is 5.10. The van der Waals surface area contributed by atoms with E-state index in [4.69, 9.17) is 0 Å². The highest BCUT2D eigenvalue weighted by Gasteiger charge is 2.24. The summed E-state index contributed by atoms with van der Waals surface area (Å²) in [7, 11) is 0. The summed E-state index contributed by atoms with van der Waals surface area (Å²) in [4.78, 5) is 0. The first-order valence-corrected chi connectivity index (χ1v) is 7.94. The Morgan fingerprint density at radius 1 is 1.22 bits per heavy atom. The van der Waals surface area contributed by atoms with E-state index in [0.29, 0.717) is 5.75 Å². The molecule has 0 saturated heterocycles. The van der Waals surface area contributed by atoms with Gasteiger partial charge in [0.05, 0.1) is 5.60 Å². The van der Waals surface area contributed by atoms with Gasteiger partial charge in [0.15, 0.2) is 5.16 Å². The van der Waals surface area contributed by atoms with E-state index >= 15 is 0 Å². The van der Waals surface area contributed by atoms with Crippen molar-refractivity contribution < 1.29 is 5.11 Å². The third-order valence-electron chi connectivity index (χ3n) is 3.86. The lowest BCUT2D eigenvalue weighted by Crippen LogP contribution is -2.29. The van der Waals surface area contributed by atoms with Crippen molar-refractivity contribution in [1.82, 2.24) is 14.8 Å². The minimum Gasteiger partial charge on any atom is -0.389 e. The Morgan fingerprint density at radius 3 is 2.72 bits per heavy atom. The van der Waals surface area contributed by atoms with Crippen molar-refractivity contribution in [3.8, 4) is 0 Å². The fourth-order valence-electron chi connectivity index (χ4n) is 2.22. The molecule has 0 spiro atoms. The molecule has 0 radical (unpaired) electrons. The number of fused-ring (bicyclic) bond motifs is 1. The van der Waals surface area contributed by atoms with Crippen molar-refractivity contribution >= 4 is 11.8 Å². The number of nitrogens with zero attached hydrogens (tertiary/aromatic N) is 3. The molecule has 0 saturated carbocycles. The van der Waals surface area contributed by atoms with Gasteiger partial charge in [-0.25, -0.2) is 0 Å². The number of rotatable bonds is 5. The molecule has 1 aliphatic rings. The van der Waals surface area contributed by atoms with Crippen LogP contribution in [0.4, 0.5) is 0 Å². The third kappa shape index (κ3) is 3.06. The van der Waals surface area contributed by atoms with Crippen LogP contribution in [0, 0.1) is 0 Å². The molecule has 0 bridgehead atoms. The zero-order chi connectivity index (χ0) is 13.0. The normalized spacial score (nSPS) is 16.4. The van der Waals surface area contributed by atoms with Crippen LogP contribution in [0.1, 0.15) is 51.8 Å². The van der Waals surface area contributed by atoms with E-state index < -0.39 is 5.60 Å². The zero-order valence-corrected chi connectivity index (χ0v) is 12.2. The largest absolute Gasteiger partial charge is 0.389 e. The Morgan fingerprint density at radius 2 is 2.00 bits per heavy atom. The number of hydrogen-bond donors (Lipinski definition) is 1. The quantitative estimate of drug-likeness (QED) is 0.835. The average molecular weight is 269 g/mol. The Bertz CT molecular complexity index is 388. The smallest absolute Gasteiger partial charge is 0.191 e. The summed E-state index contributed by atoms with van der Waals surface area (Å²) < 4.78 is 2.24. The molecule has 1 aromatic heterocycles. The molecule has 1 aliphatic heterocycles. The number of aliphatic hydroxyl groups is 1. The maximum atomic E-state index is 10.3. The number of thioether (sulfide) groups is 1. The molecule has 0 unspecified atom stereocenters. The van der Waals surface area contributed by atoms with E-state index in [-0.39, 0.29) is 0 Å². The molecule has 2 rings (SSSR count). The van der Waals surface area contributed by atoms with Crippen LogP contribution in [0.25, 0.3) is 0 Å². The van der Waals surface area contributed by atoms with E-state index in [2.05, 4.69) is 14.8 Å². The minimum atomic E-state index is -0.568. The van der Waals surface area contributed by atoms with Crippen molar-refractivity contribution in [1.29, 1.82) is 0 Å². The highest BCUT2D eigenvalue weighted by Crippen LogP contribution is 2.27. The van der Waals surface area contributed by atoms with Crippen LogP contribution in [0.5, 0.6) is 0 Å². The summed E-state index contributed by atoms with van der Waals surface area (Å²) in [5.41, 5.74) is -0.568. The van der Waals surface area contributed by atoms with Crippen LogP contribution in [-0.2, 0) is 13.0 Å². The van der Waals surface area contributed by atoms with Gasteiger partial charge in [-0.05, 0) is 25.7 Å². The van der Waals surface area contributed by atoms with Crippen LogP contribution in [0.15, 0.2) is 5.16 Å². The molecular weight excluding hydrogens is 246 g/mol. The highest BCUT2D eigenvalue weighted by molar-refractivity contribution is 7.99. The van der Waals surface area contributed by atoms with Crippen LogP contribution in [0.3, 0.4) is 0 Å². The van der Waals surface area contributed by atoms with E-state index in [9.17, 15) is 5.11 Å². The number of aromatic nitrogens is 3. The van der Waals surface area contributed by atoms with E-state index in [1.165, 1.54) is 19.3 Å². The summed E-state index contributed by atoms with van der Waals surface area (Å²) in [5, 5.41) is 19.8. The first kappa shape index (κ1) is 13.9. The van der Waals surface area contributed by atoms with Crippen LogP contribution in [-0.4, -0.2) is 31.2 Å². The summed E-state index contributed by atoms with van der Waals surface area (Å²) in [6, 6.07) is 0. The topological polar surface area (TPSA) is 50.9 Å². The van der Waals surface area contributed by atoms with Gasteiger partial charge in [0.2, 0.25) is 0 Å². The fourth-order valence-corrected chi connectivity index (χ4v) is 3.48. The molecule has 0 atom stereocenters. The summed E-state index contributed by atoms with van der Waals surface area (Å²) >= 11 is 1.65. The molecule has 0 amide bonds. The van der Waals surface area contributed by atoms with E-state index in [0.717, 1.165) is 36.8 Å². The second kappa shape index (κ2) is 6.06. The lowest BCUT2D eigenvalue weighted by molar-refractivity contribution is 0.0571. The lowest BCUT2D eigenvalue weighted by atomic mass is 10.0. The number of aryl methyl sites for hydroxylation is 1. The molecule has 0 aromatic carbocycles. The molecule has 2 heterocycles. The molecule has 5 heteroatoms. The molecular formula is C13H23N3OS. The second-order valence-corrected chi connectivity index (χ2v) is 6.02. The highest BCUT2D eigenvalue weighted by atomic mass is 32.2. The maximum absolute atomic E-state index is 10.3. The Labute approximate surface area is 113 Å². The van der Waals surface area contributed by atoms with Crippen molar-refractivity contribution in [2.75, 3.05) is 5.75 Å². The Balaban J connectivity index is 2.04. The molecule has 0 fully saturated rings. The van der Waals surface area contributed by atoms with Gasteiger partial charge < -0.3 is 9.67 Å². The van der Waals surface area contributed by atoms with Gasteiger partial charge in [0.25, 0.3) is 0 Å². The fraction of sp³-hybridized carbons (Fsp3) is 0.846. The zero-order valence-electron chi connectivity index (χ0n) is 11.4. The van der Waals surface area contributed by atoms with Crippen LogP contribution in [0.2, 0.25) is 0 Å². The Hall–Kier alpha value is -0.550. The minimum absolute atomic E-state index is 0.568. The molecule has 0 aliphatic carbocycles. The summed E-state index contributed by atoms with van der Waals surface area (Å²) in [5.74, 6) is 1.82. The van der Waals surface area contributed by atoms with Gasteiger partial charge in [-0.3, -0.25) is 0 Å². The molecule has 4 nitrogen and oxygen atoms in total. The molecule has 18 heavy (non-hydrogen) atoms. The van der Waals surface area contributed by atoms with Gasteiger partial charge in [-0.15, -0.1) is 10.2 Å². The van der Waals surface area contributed by atoms with E-state index in [1.807, 2.05) is 13.8 Å². The summed E-state index contributed by atoms with van der Waals surface area (Å²) in [6.07, 6.45) is 6.33. The Kier molecular flexibility index (Phi) is 4.67. The van der Waals surface area contributed by atoms with Crippen LogP contribution >= 0.6 is 11.8 Å². The number of hydrogen-bond acceptors (Lipinski definition) is 4. The molecule has 1 N–H and O–H groups in total. The lowest BCUT2D eigenvalue weighted by Gasteiger charge is -2.24. The monoisotopic (exact) mass is 269 g/mol. The first-order valence-electron chi connectivity index (χ1n) is 6.96. The molecule has 1 aromatic rings. The SMILES string of the molecule is CCC(O)(CC)CSc1nnc2n1CCCCC2. The van der Waals surface area contributed by atoms with Crippen molar-refractivity contribution in [3.63, 3.8) is 0 Å². The average Bonchev–Trinajstić information content (AvgIpc) is 2.63. The molecule has 102 valence electrons. The van der Waals surface area contributed by atoms with Crippen molar-refractivity contribution in [3.05, 3.63) is 5.82 Å². The van der Waals surface area contributed by atoms with Gasteiger partial charge in [-0.1, -0.05) is 32.0 Å². The maximum Gasteiger partial charge on any atom is 0.191 e. The standard InChI is InChI=1S/C13H23N3OS/c1-3-13(17,4-2)10-18-12-15-14-11-8-6-5-7-9-16(11)12/h17H,3-10H2,1-2H3. The van der Waals surface area contributed by atoms with Gasteiger partial charge in [-0.2, -0.15) is 0 Å². The van der Waals surface area contributed by atoms with Gasteiger partial charge in [0, 0.05) is 18.7 Å². The third-order valence-corrected chi connectivity index (χ3v) is 5.10.